The molecule has 1 heterocycles. The Balaban J connectivity index is 1.57. The lowest BCUT2D eigenvalue weighted by Gasteiger charge is -2.29. The third-order valence-electron chi connectivity index (χ3n) is 5.08. The van der Waals surface area contributed by atoms with Crippen molar-refractivity contribution >= 4 is 23.2 Å². The Labute approximate surface area is 181 Å². The van der Waals surface area contributed by atoms with Crippen molar-refractivity contribution in [2.24, 2.45) is 5.16 Å². The fourth-order valence-corrected chi connectivity index (χ4v) is 3.42. The molecular formula is C23H27N3O5. The summed E-state index contributed by atoms with van der Waals surface area (Å²) < 4.78 is 10.7. The van der Waals surface area contributed by atoms with E-state index in [0.717, 1.165) is 23.1 Å². The van der Waals surface area contributed by atoms with Crippen molar-refractivity contribution in [3.05, 3.63) is 53.1 Å². The van der Waals surface area contributed by atoms with Gasteiger partial charge in [0.1, 0.15) is 0 Å². The predicted octanol–water partition coefficient (Wildman–Crippen LogP) is 2.99. The largest absolute Gasteiger partial charge is 0.493 e. The monoisotopic (exact) mass is 425 g/mol. The normalized spacial score (nSPS) is 13.3. The molecule has 2 amide bonds. The molecule has 3 rings (SSSR count). The minimum absolute atomic E-state index is 0.127. The summed E-state index contributed by atoms with van der Waals surface area (Å²) in [6.45, 7) is 4.22. The van der Waals surface area contributed by atoms with Crippen LogP contribution in [0.3, 0.4) is 0 Å². The minimum Gasteiger partial charge on any atom is -0.493 e. The third-order valence-corrected chi connectivity index (χ3v) is 5.08. The van der Waals surface area contributed by atoms with Gasteiger partial charge in [0.15, 0.2) is 18.1 Å². The number of oxime groups is 1. The van der Waals surface area contributed by atoms with Crippen molar-refractivity contribution in [1.82, 2.24) is 4.90 Å². The van der Waals surface area contributed by atoms with Crippen LogP contribution >= 0.6 is 0 Å². The number of benzene rings is 2. The van der Waals surface area contributed by atoms with Gasteiger partial charge in [0.2, 0.25) is 5.91 Å². The zero-order valence-electron chi connectivity index (χ0n) is 18.2. The van der Waals surface area contributed by atoms with E-state index in [2.05, 4.69) is 10.5 Å². The number of nitrogens with zero attached hydrogens (tertiary/aromatic N) is 2. The van der Waals surface area contributed by atoms with E-state index in [-0.39, 0.29) is 18.4 Å². The molecule has 0 atom stereocenters. The molecule has 0 saturated carbocycles. The molecule has 1 aliphatic rings. The maximum Gasteiger partial charge on any atom is 0.263 e. The summed E-state index contributed by atoms with van der Waals surface area (Å²) in [7, 11) is 3.21. The topological polar surface area (TPSA) is 89.5 Å². The molecule has 1 N–H and O–H groups in total. The molecule has 31 heavy (non-hydrogen) atoms. The lowest BCUT2D eigenvalue weighted by atomic mass is 9.99. The number of carbonyl (C=O) groups is 2. The fourth-order valence-electron chi connectivity index (χ4n) is 3.42. The molecule has 0 saturated heterocycles. The maximum atomic E-state index is 12.6. The van der Waals surface area contributed by atoms with Crippen LogP contribution in [0.1, 0.15) is 30.5 Å². The molecule has 0 aromatic heterocycles. The van der Waals surface area contributed by atoms with E-state index in [0.29, 0.717) is 36.0 Å². The van der Waals surface area contributed by atoms with Gasteiger partial charge >= 0.3 is 0 Å². The SMILES string of the molecule is COc1cc2c(cc1OC)CN(C(=O)CO/N=C(\C)c1ccc(NC(C)=O)cc1)CC2. The maximum absolute atomic E-state index is 12.6. The van der Waals surface area contributed by atoms with E-state index < -0.39 is 0 Å². The van der Waals surface area contributed by atoms with Crippen LogP contribution in [-0.4, -0.2) is 49.8 Å². The Hall–Kier alpha value is -3.55. The van der Waals surface area contributed by atoms with Crippen LogP contribution in [0.4, 0.5) is 5.69 Å². The third kappa shape index (κ3) is 5.53. The van der Waals surface area contributed by atoms with Crippen molar-refractivity contribution in [2.75, 3.05) is 32.7 Å². The first-order valence-corrected chi connectivity index (χ1v) is 9.97. The highest BCUT2D eigenvalue weighted by molar-refractivity contribution is 5.99. The molecule has 0 aliphatic carbocycles. The number of hydrogen-bond donors (Lipinski definition) is 1. The predicted molar refractivity (Wildman–Crippen MR) is 118 cm³/mol. The molecular weight excluding hydrogens is 398 g/mol. The highest BCUT2D eigenvalue weighted by atomic mass is 16.6. The van der Waals surface area contributed by atoms with E-state index >= 15 is 0 Å². The van der Waals surface area contributed by atoms with Crippen molar-refractivity contribution in [2.45, 2.75) is 26.8 Å². The van der Waals surface area contributed by atoms with Gasteiger partial charge in [-0.25, -0.2) is 0 Å². The van der Waals surface area contributed by atoms with Crippen LogP contribution in [-0.2, 0) is 27.4 Å². The molecule has 0 unspecified atom stereocenters. The number of amides is 2. The van der Waals surface area contributed by atoms with E-state index in [1.165, 1.54) is 6.92 Å². The summed E-state index contributed by atoms with van der Waals surface area (Å²) in [5.41, 5.74) is 4.38. The van der Waals surface area contributed by atoms with Crippen LogP contribution in [0.5, 0.6) is 11.5 Å². The van der Waals surface area contributed by atoms with Gasteiger partial charge in [-0.15, -0.1) is 0 Å². The molecule has 8 nitrogen and oxygen atoms in total. The summed E-state index contributed by atoms with van der Waals surface area (Å²) in [5, 5.41) is 6.77. The van der Waals surface area contributed by atoms with Crippen LogP contribution in [0.15, 0.2) is 41.6 Å². The summed E-state index contributed by atoms with van der Waals surface area (Å²) in [6.07, 6.45) is 0.740. The Kier molecular flexibility index (Phi) is 7.12. The van der Waals surface area contributed by atoms with Gasteiger partial charge in [0.25, 0.3) is 5.91 Å². The molecule has 1 aliphatic heterocycles. The van der Waals surface area contributed by atoms with Crippen LogP contribution in [0.2, 0.25) is 0 Å². The zero-order chi connectivity index (χ0) is 22.4. The molecule has 164 valence electrons. The van der Waals surface area contributed by atoms with Crippen molar-refractivity contribution < 1.29 is 23.9 Å². The number of anilines is 1. The Morgan fingerprint density at radius 3 is 2.29 bits per heavy atom. The minimum atomic E-state index is -0.135. The summed E-state index contributed by atoms with van der Waals surface area (Å²) in [4.78, 5) is 30.7. The first-order valence-electron chi connectivity index (χ1n) is 9.97. The highest BCUT2D eigenvalue weighted by Gasteiger charge is 2.23. The first-order chi connectivity index (χ1) is 14.9. The number of fused-ring (bicyclic) bond motifs is 1. The molecule has 0 bridgehead atoms. The van der Waals surface area contributed by atoms with Crippen LogP contribution < -0.4 is 14.8 Å². The molecule has 0 radical (unpaired) electrons. The highest BCUT2D eigenvalue weighted by Crippen LogP contribution is 2.33. The summed E-state index contributed by atoms with van der Waals surface area (Å²) >= 11 is 0. The van der Waals surface area contributed by atoms with Crippen molar-refractivity contribution in [3.8, 4) is 11.5 Å². The number of ether oxygens (including phenoxy) is 2. The second-order valence-corrected chi connectivity index (χ2v) is 7.25. The van der Waals surface area contributed by atoms with Gasteiger partial charge in [-0.3, -0.25) is 9.59 Å². The second kappa shape index (κ2) is 9.97. The number of hydrogen-bond acceptors (Lipinski definition) is 6. The standard InChI is InChI=1S/C23H27N3O5/c1-15(17-5-7-20(8-6-17)24-16(2)27)25-31-14-23(28)26-10-9-18-11-21(29-3)22(30-4)12-19(18)13-26/h5-8,11-12H,9-10,13-14H2,1-4H3,(H,24,27)/b25-15+. The summed E-state index contributed by atoms with van der Waals surface area (Å²) in [5.74, 6) is 1.09. The average Bonchev–Trinajstić information content (AvgIpc) is 2.77. The molecule has 2 aromatic carbocycles. The Morgan fingerprint density at radius 2 is 1.68 bits per heavy atom. The van der Waals surface area contributed by atoms with Gasteiger partial charge in [-0.1, -0.05) is 17.3 Å². The van der Waals surface area contributed by atoms with E-state index in [9.17, 15) is 9.59 Å². The molecule has 2 aromatic rings. The number of rotatable bonds is 7. The lowest BCUT2D eigenvalue weighted by Crippen LogP contribution is -2.38. The van der Waals surface area contributed by atoms with Gasteiger partial charge in [0.05, 0.1) is 19.9 Å². The van der Waals surface area contributed by atoms with Crippen molar-refractivity contribution in [1.29, 1.82) is 0 Å². The van der Waals surface area contributed by atoms with Crippen molar-refractivity contribution in [3.63, 3.8) is 0 Å². The van der Waals surface area contributed by atoms with E-state index in [4.69, 9.17) is 14.3 Å². The average molecular weight is 425 g/mol. The van der Waals surface area contributed by atoms with Gasteiger partial charge in [-0.05, 0) is 54.3 Å². The first kappa shape index (κ1) is 22.1. The van der Waals surface area contributed by atoms with Gasteiger partial charge < -0.3 is 24.5 Å². The van der Waals surface area contributed by atoms with Gasteiger partial charge in [0, 0.05) is 25.7 Å². The molecule has 0 spiro atoms. The molecule has 0 fully saturated rings. The zero-order valence-corrected chi connectivity index (χ0v) is 18.2. The van der Waals surface area contributed by atoms with E-state index in [1.54, 1.807) is 38.2 Å². The van der Waals surface area contributed by atoms with Crippen LogP contribution in [0.25, 0.3) is 0 Å². The lowest BCUT2D eigenvalue weighted by molar-refractivity contribution is -0.137. The fraction of sp³-hybridized carbons (Fsp3) is 0.348. The van der Waals surface area contributed by atoms with Gasteiger partial charge in [-0.2, -0.15) is 0 Å². The van der Waals surface area contributed by atoms with Crippen LogP contribution in [0, 0.1) is 0 Å². The quantitative estimate of drug-likeness (QED) is 0.544. The Morgan fingerprint density at radius 1 is 1.03 bits per heavy atom. The second-order valence-electron chi connectivity index (χ2n) is 7.25. The summed E-state index contributed by atoms with van der Waals surface area (Å²) in [6, 6.07) is 11.1. The van der Waals surface area contributed by atoms with E-state index in [1.807, 2.05) is 24.3 Å². The Bertz CT molecular complexity index is 985. The number of carbonyl (C=O) groups excluding carboxylic acids is 2. The number of nitrogens with one attached hydrogen (secondary N) is 1. The smallest absolute Gasteiger partial charge is 0.263 e. The number of methoxy groups -OCH3 is 2. The molecule has 8 heteroatoms.